The van der Waals surface area contributed by atoms with Crippen LogP contribution in [0.25, 0.3) is 0 Å². The standard InChI is InChI=1S/C6H12N2O3/c1-4(2)8(6(10)11)3-5(7)9/h4H,3H2,1-2H3,(H2,7,9)(H,10,11). The maximum Gasteiger partial charge on any atom is 0.407 e. The van der Waals surface area contributed by atoms with Gasteiger partial charge in [0.15, 0.2) is 0 Å². The SMILES string of the molecule is CC(C)N(CC(N)=O)C(=O)O. The summed E-state index contributed by atoms with van der Waals surface area (Å²) in [6.07, 6.45) is -1.13. The molecule has 3 N–H and O–H groups in total. The van der Waals surface area contributed by atoms with Gasteiger partial charge in [-0.2, -0.15) is 0 Å². The van der Waals surface area contributed by atoms with E-state index >= 15 is 0 Å². The second-order valence-electron chi connectivity index (χ2n) is 2.47. The molecule has 64 valence electrons. The zero-order chi connectivity index (χ0) is 9.02. The molecule has 0 saturated heterocycles. The van der Waals surface area contributed by atoms with Crippen LogP contribution in [-0.2, 0) is 4.79 Å². The average Bonchev–Trinajstić information content (AvgIpc) is 1.81. The number of rotatable bonds is 3. The molecule has 0 fully saturated rings. The van der Waals surface area contributed by atoms with Crippen molar-refractivity contribution in [3.8, 4) is 0 Å². The quantitative estimate of drug-likeness (QED) is 0.602. The van der Waals surface area contributed by atoms with Crippen LogP contribution in [0.1, 0.15) is 13.8 Å². The number of hydrogen-bond donors (Lipinski definition) is 2. The summed E-state index contributed by atoms with van der Waals surface area (Å²) >= 11 is 0. The van der Waals surface area contributed by atoms with Crippen molar-refractivity contribution >= 4 is 12.0 Å². The van der Waals surface area contributed by atoms with Crippen LogP contribution in [0.5, 0.6) is 0 Å². The van der Waals surface area contributed by atoms with Crippen LogP contribution >= 0.6 is 0 Å². The van der Waals surface area contributed by atoms with Gasteiger partial charge in [-0.1, -0.05) is 0 Å². The molecule has 0 aromatic carbocycles. The topological polar surface area (TPSA) is 83.6 Å². The highest BCUT2D eigenvalue weighted by Gasteiger charge is 2.16. The van der Waals surface area contributed by atoms with Crippen molar-refractivity contribution in [3.05, 3.63) is 0 Å². The van der Waals surface area contributed by atoms with Crippen molar-refractivity contribution in [3.63, 3.8) is 0 Å². The molecule has 11 heavy (non-hydrogen) atoms. The Morgan fingerprint density at radius 3 is 2.09 bits per heavy atom. The first-order valence-corrected chi connectivity index (χ1v) is 3.23. The van der Waals surface area contributed by atoms with Crippen LogP contribution in [0.3, 0.4) is 0 Å². The smallest absolute Gasteiger partial charge is 0.407 e. The second kappa shape index (κ2) is 3.80. The predicted molar refractivity (Wildman–Crippen MR) is 39.1 cm³/mol. The molecule has 0 heterocycles. The second-order valence-corrected chi connectivity index (χ2v) is 2.47. The highest BCUT2D eigenvalue weighted by molar-refractivity contribution is 5.80. The van der Waals surface area contributed by atoms with Crippen molar-refractivity contribution in [2.24, 2.45) is 5.73 Å². The number of nitrogens with zero attached hydrogens (tertiary/aromatic N) is 1. The van der Waals surface area contributed by atoms with Gasteiger partial charge in [0.2, 0.25) is 5.91 Å². The van der Waals surface area contributed by atoms with E-state index in [1.807, 2.05) is 0 Å². The summed E-state index contributed by atoms with van der Waals surface area (Å²) in [6, 6.07) is -0.222. The third kappa shape index (κ3) is 3.44. The molecule has 0 radical (unpaired) electrons. The van der Waals surface area contributed by atoms with Gasteiger partial charge >= 0.3 is 6.09 Å². The molecule has 0 aliphatic rings. The number of carboxylic acid groups (broad SMARTS) is 1. The Bertz CT molecular complexity index is 167. The van der Waals surface area contributed by atoms with E-state index in [9.17, 15) is 9.59 Å². The van der Waals surface area contributed by atoms with E-state index in [1.165, 1.54) is 0 Å². The molecule has 5 heteroatoms. The molecule has 5 nitrogen and oxygen atoms in total. The summed E-state index contributed by atoms with van der Waals surface area (Å²) in [7, 11) is 0. The zero-order valence-corrected chi connectivity index (χ0v) is 6.57. The molecule has 0 unspecified atom stereocenters. The summed E-state index contributed by atoms with van der Waals surface area (Å²) in [5, 5.41) is 8.51. The van der Waals surface area contributed by atoms with Gasteiger partial charge in [0.05, 0.1) is 0 Å². The van der Waals surface area contributed by atoms with E-state index in [1.54, 1.807) is 13.8 Å². The predicted octanol–water partition coefficient (Wildman–Crippen LogP) is -0.140. The van der Waals surface area contributed by atoms with E-state index in [0.717, 1.165) is 4.90 Å². The Balaban J connectivity index is 4.12. The highest BCUT2D eigenvalue weighted by Crippen LogP contribution is 1.96. The highest BCUT2D eigenvalue weighted by atomic mass is 16.4. The lowest BCUT2D eigenvalue weighted by Gasteiger charge is -2.21. The van der Waals surface area contributed by atoms with Crippen molar-refractivity contribution in [2.45, 2.75) is 19.9 Å². The minimum atomic E-state index is -1.13. The summed E-state index contributed by atoms with van der Waals surface area (Å²) in [5.74, 6) is -0.638. The summed E-state index contributed by atoms with van der Waals surface area (Å²) in [6.45, 7) is 3.11. The fraction of sp³-hybridized carbons (Fsp3) is 0.667. The minimum absolute atomic E-state index is 0.222. The number of amides is 2. The maximum absolute atomic E-state index is 10.4. The Hall–Kier alpha value is -1.26. The number of nitrogens with two attached hydrogens (primary N) is 1. The van der Waals surface area contributed by atoms with Crippen molar-refractivity contribution in [1.29, 1.82) is 0 Å². The number of hydrogen-bond acceptors (Lipinski definition) is 2. The third-order valence-electron chi connectivity index (χ3n) is 1.20. The Morgan fingerprint density at radius 2 is 2.00 bits per heavy atom. The molecule has 0 atom stereocenters. The van der Waals surface area contributed by atoms with Gasteiger partial charge in [0.25, 0.3) is 0 Å². The fourth-order valence-electron chi connectivity index (χ4n) is 0.639. The van der Waals surface area contributed by atoms with E-state index < -0.39 is 12.0 Å². The zero-order valence-electron chi connectivity index (χ0n) is 6.57. The number of carbonyl (C=O) groups excluding carboxylic acids is 1. The number of primary amides is 1. The molecule has 0 bridgehead atoms. The molecular formula is C6H12N2O3. The van der Waals surface area contributed by atoms with Crippen LogP contribution in [0.2, 0.25) is 0 Å². The Morgan fingerprint density at radius 1 is 1.55 bits per heavy atom. The Labute approximate surface area is 64.8 Å². The van der Waals surface area contributed by atoms with E-state index in [2.05, 4.69) is 0 Å². The van der Waals surface area contributed by atoms with Crippen LogP contribution in [0.4, 0.5) is 4.79 Å². The molecule has 0 aromatic heterocycles. The maximum atomic E-state index is 10.4. The molecule has 0 saturated carbocycles. The normalized spacial score (nSPS) is 9.73. The molecule has 0 aromatic rings. The lowest BCUT2D eigenvalue weighted by Crippen LogP contribution is -2.41. The van der Waals surface area contributed by atoms with E-state index in [4.69, 9.17) is 10.8 Å². The van der Waals surface area contributed by atoms with Crippen LogP contribution in [-0.4, -0.2) is 34.6 Å². The average molecular weight is 160 g/mol. The molecule has 2 amide bonds. The lowest BCUT2D eigenvalue weighted by molar-refractivity contribution is -0.119. The molecule has 0 spiro atoms. The first-order chi connectivity index (χ1) is 4.95. The van der Waals surface area contributed by atoms with Crippen molar-refractivity contribution in [1.82, 2.24) is 4.90 Å². The summed E-state index contributed by atoms with van der Waals surface area (Å²) in [5.41, 5.74) is 4.82. The van der Waals surface area contributed by atoms with Gasteiger partial charge in [-0.3, -0.25) is 9.69 Å². The van der Waals surface area contributed by atoms with Crippen molar-refractivity contribution < 1.29 is 14.7 Å². The number of carbonyl (C=O) groups is 2. The van der Waals surface area contributed by atoms with Gasteiger partial charge < -0.3 is 10.8 Å². The monoisotopic (exact) mass is 160 g/mol. The van der Waals surface area contributed by atoms with Gasteiger partial charge in [0.1, 0.15) is 6.54 Å². The van der Waals surface area contributed by atoms with Gasteiger partial charge in [0, 0.05) is 6.04 Å². The molecule has 0 rings (SSSR count). The first-order valence-electron chi connectivity index (χ1n) is 3.23. The van der Waals surface area contributed by atoms with Crippen LogP contribution in [0, 0.1) is 0 Å². The molecule has 0 aliphatic carbocycles. The summed E-state index contributed by atoms with van der Waals surface area (Å²) < 4.78 is 0. The third-order valence-corrected chi connectivity index (χ3v) is 1.20. The Kier molecular flexibility index (Phi) is 3.36. The van der Waals surface area contributed by atoms with Crippen LogP contribution in [0.15, 0.2) is 0 Å². The van der Waals surface area contributed by atoms with Crippen molar-refractivity contribution in [2.75, 3.05) is 6.54 Å². The first kappa shape index (κ1) is 9.74. The van der Waals surface area contributed by atoms with Gasteiger partial charge in [-0.25, -0.2) is 4.79 Å². The van der Waals surface area contributed by atoms with Gasteiger partial charge in [-0.05, 0) is 13.8 Å². The molecular weight excluding hydrogens is 148 g/mol. The van der Waals surface area contributed by atoms with Crippen LogP contribution < -0.4 is 5.73 Å². The largest absolute Gasteiger partial charge is 0.465 e. The summed E-state index contributed by atoms with van der Waals surface area (Å²) in [4.78, 5) is 21.7. The lowest BCUT2D eigenvalue weighted by atomic mass is 10.3. The van der Waals surface area contributed by atoms with E-state index in [0.29, 0.717) is 0 Å². The van der Waals surface area contributed by atoms with E-state index in [-0.39, 0.29) is 12.6 Å². The fourth-order valence-corrected chi connectivity index (χ4v) is 0.639. The minimum Gasteiger partial charge on any atom is -0.465 e. The van der Waals surface area contributed by atoms with Gasteiger partial charge in [-0.15, -0.1) is 0 Å². The molecule has 0 aliphatic heterocycles.